The van der Waals surface area contributed by atoms with E-state index >= 15 is 0 Å². The Morgan fingerprint density at radius 1 is 0.750 bits per heavy atom. The number of benzene rings is 2. The van der Waals surface area contributed by atoms with Gasteiger partial charge in [0.25, 0.3) is 0 Å². The maximum Gasteiger partial charge on any atom is 0.211 e. The van der Waals surface area contributed by atoms with Gasteiger partial charge in [0.05, 0.1) is 0 Å². The number of nitrogens with zero attached hydrogens (tertiary/aromatic N) is 2. The molecule has 178 valence electrons. The van der Waals surface area contributed by atoms with Crippen LogP contribution in [0.1, 0.15) is 97.7 Å². The minimum absolute atomic E-state index is 0. The van der Waals surface area contributed by atoms with Gasteiger partial charge in [-0.05, 0) is 74.4 Å². The van der Waals surface area contributed by atoms with Crippen molar-refractivity contribution in [2.24, 2.45) is 0 Å². The first-order valence-corrected chi connectivity index (χ1v) is 12.2. The molecule has 2 aromatic rings. The average Bonchev–Trinajstić information content (AvgIpc) is 3.04. The maximum absolute atomic E-state index is 11.4. The van der Waals surface area contributed by atoms with Crippen LogP contribution in [0.5, 0.6) is 0 Å². The van der Waals surface area contributed by atoms with Crippen LogP contribution in [0.15, 0.2) is 59.7 Å². The Morgan fingerprint density at radius 2 is 1.38 bits per heavy atom. The molecule has 32 heavy (non-hydrogen) atoms. The summed E-state index contributed by atoms with van der Waals surface area (Å²) in [4.78, 5) is 0. The number of rotatable bonds is 11. The number of aryl methyl sites for hydroxylation is 2. The van der Waals surface area contributed by atoms with Crippen LogP contribution in [0.3, 0.4) is 0 Å². The zero-order valence-corrected chi connectivity index (χ0v) is 21.2. The molecule has 3 heteroatoms. The van der Waals surface area contributed by atoms with Crippen molar-refractivity contribution in [3.8, 4) is 0 Å². The Bertz CT molecular complexity index is 995. The molecule has 1 aliphatic heterocycles. The quantitative estimate of drug-likeness (QED) is 0.176. The summed E-state index contributed by atoms with van der Waals surface area (Å²) in [6.45, 7) is 8.83. The summed E-state index contributed by atoms with van der Waals surface area (Å²) in [7, 11) is 0. The largest absolute Gasteiger partial charge is 1.00 e. The van der Waals surface area contributed by atoms with E-state index in [4.69, 9.17) is 0 Å². The zero-order chi connectivity index (χ0) is 22.2. The SMILES string of the molecule is CCCCCCc1cccc(C2=C(C)C(CCCC)=C(c3cccc(CC)c3)[N+]2=[N-])c1.[H-].[H-].[Ni]. The fraction of sp³-hybridized carbons (Fsp3) is 0.448. The molecule has 0 aromatic heterocycles. The Balaban J connectivity index is 0.00000363. The van der Waals surface area contributed by atoms with Crippen molar-refractivity contribution in [3.05, 3.63) is 87.5 Å². The van der Waals surface area contributed by atoms with Crippen LogP contribution in [0.4, 0.5) is 0 Å². The molecule has 0 aliphatic carbocycles. The molecule has 2 nitrogen and oxygen atoms in total. The van der Waals surface area contributed by atoms with Gasteiger partial charge in [0.15, 0.2) is 0 Å². The monoisotopic (exact) mass is 474 g/mol. The van der Waals surface area contributed by atoms with Gasteiger partial charge in [0.2, 0.25) is 11.4 Å². The summed E-state index contributed by atoms with van der Waals surface area (Å²) in [5.74, 6) is 0. The van der Waals surface area contributed by atoms with E-state index in [1.165, 1.54) is 52.7 Å². The normalized spacial score (nSPS) is 13.7. The van der Waals surface area contributed by atoms with Crippen molar-refractivity contribution >= 4 is 11.4 Å². The predicted molar refractivity (Wildman–Crippen MR) is 135 cm³/mol. The molecular formula is C29H40N2Ni-2. The van der Waals surface area contributed by atoms with E-state index in [-0.39, 0.29) is 19.3 Å². The summed E-state index contributed by atoms with van der Waals surface area (Å²) < 4.78 is 1.46. The van der Waals surface area contributed by atoms with Crippen LogP contribution in [0.2, 0.25) is 0 Å². The fourth-order valence-corrected chi connectivity index (χ4v) is 4.58. The van der Waals surface area contributed by atoms with Gasteiger partial charge in [-0.15, -0.1) is 0 Å². The molecule has 0 radical (unpaired) electrons. The Hall–Kier alpha value is -1.99. The summed E-state index contributed by atoms with van der Waals surface area (Å²) >= 11 is 0. The van der Waals surface area contributed by atoms with Crippen molar-refractivity contribution in [1.82, 2.24) is 0 Å². The smallest absolute Gasteiger partial charge is 0.211 e. The van der Waals surface area contributed by atoms with Crippen molar-refractivity contribution in [3.63, 3.8) is 0 Å². The molecule has 0 saturated heterocycles. The van der Waals surface area contributed by atoms with Crippen LogP contribution >= 0.6 is 0 Å². The van der Waals surface area contributed by atoms with E-state index in [1.54, 1.807) is 0 Å². The summed E-state index contributed by atoms with van der Waals surface area (Å²) in [5.41, 5.74) is 20.7. The summed E-state index contributed by atoms with van der Waals surface area (Å²) in [6, 6.07) is 17.4. The van der Waals surface area contributed by atoms with Crippen molar-refractivity contribution in [2.45, 2.75) is 85.5 Å². The Kier molecular flexibility index (Phi) is 10.6. The van der Waals surface area contributed by atoms with Gasteiger partial charge in [-0.2, -0.15) is 0 Å². The van der Waals surface area contributed by atoms with Crippen LogP contribution in [0.25, 0.3) is 16.9 Å². The number of unbranched alkanes of at least 4 members (excludes halogenated alkanes) is 4. The minimum Gasteiger partial charge on any atom is -1.00 e. The average molecular weight is 475 g/mol. The second-order valence-corrected chi connectivity index (χ2v) is 8.78. The second kappa shape index (κ2) is 12.9. The third-order valence-electron chi connectivity index (χ3n) is 6.43. The maximum atomic E-state index is 11.4. The van der Waals surface area contributed by atoms with Crippen LogP contribution in [0, 0.1) is 0 Å². The third-order valence-corrected chi connectivity index (χ3v) is 6.43. The van der Waals surface area contributed by atoms with Crippen LogP contribution < -0.4 is 0 Å². The molecule has 3 rings (SSSR count). The second-order valence-electron chi connectivity index (χ2n) is 8.78. The first kappa shape index (κ1) is 26.3. The van der Waals surface area contributed by atoms with E-state index in [0.29, 0.717) is 0 Å². The van der Waals surface area contributed by atoms with E-state index < -0.39 is 0 Å². The molecule has 0 bridgehead atoms. The van der Waals surface area contributed by atoms with E-state index in [9.17, 15) is 5.53 Å². The molecule has 0 atom stereocenters. The topological polar surface area (TPSA) is 25.3 Å². The van der Waals surface area contributed by atoms with Gasteiger partial charge in [-0.25, -0.2) is 4.70 Å². The molecule has 0 unspecified atom stereocenters. The molecular weight excluding hydrogens is 435 g/mol. The van der Waals surface area contributed by atoms with Gasteiger partial charge in [-0.1, -0.05) is 70.7 Å². The van der Waals surface area contributed by atoms with Crippen LogP contribution in [-0.4, -0.2) is 4.70 Å². The number of hydrogen-bond donors (Lipinski definition) is 0. The van der Waals surface area contributed by atoms with E-state index in [2.05, 4.69) is 76.2 Å². The molecule has 1 heterocycles. The minimum atomic E-state index is 0. The Labute approximate surface area is 208 Å². The molecule has 2 aromatic carbocycles. The molecule has 0 spiro atoms. The van der Waals surface area contributed by atoms with E-state index in [0.717, 1.165) is 54.6 Å². The zero-order valence-electron chi connectivity index (χ0n) is 22.2. The first-order valence-electron chi connectivity index (χ1n) is 12.2. The first-order chi connectivity index (χ1) is 15.1. The van der Waals surface area contributed by atoms with E-state index in [1.807, 2.05) is 0 Å². The van der Waals surface area contributed by atoms with Crippen molar-refractivity contribution < 1.29 is 24.0 Å². The van der Waals surface area contributed by atoms with Gasteiger partial charge >= 0.3 is 0 Å². The molecule has 0 fully saturated rings. The Morgan fingerprint density at radius 3 is 2.03 bits per heavy atom. The standard InChI is InChI=1S/C29H38N2.Ni.2H/c1-5-8-10-11-14-24-16-13-17-25(21-24)28-22(4)27(19-9-6-2)29(31(28)30)26-18-12-15-23(7-3)20-26;;;/h12-13,15-18,20-21H,5-11,14,19H2,1-4H3;;;/q;;2*-1. The summed E-state index contributed by atoms with van der Waals surface area (Å²) in [5, 5.41) is 0. The molecule has 0 amide bonds. The van der Waals surface area contributed by atoms with Crippen molar-refractivity contribution in [2.75, 3.05) is 0 Å². The van der Waals surface area contributed by atoms with Crippen molar-refractivity contribution in [1.29, 1.82) is 0 Å². The molecule has 0 saturated carbocycles. The predicted octanol–water partition coefficient (Wildman–Crippen LogP) is 8.97. The van der Waals surface area contributed by atoms with Gasteiger partial charge < -0.3 is 8.38 Å². The third kappa shape index (κ3) is 6.07. The summed E-state index contributed by atoms with van der Waals surface area (Å²) in [6.07, 6.45) is 10.4. The van der Waals surface area contributed by atoms with Gasteiger partial charge in [-0.3, -0.25) is 0 Å². The van der Waals surface area contributed by atoms with Gasteiger partial charge in [0.1, 0.15) is 0 Å². The number of hydrogen-bond acceptors (Lipinski definition) is 0. The fourth-order valence-electron chi connectivity index (χ4n) is 4.58. The number of allylic oxidation sites excluding steroid dienone is 2. The van der Waals surface area contributed by atoms with Crippen LogP contribution in [-0.2, 0) is 29.3 Å². The van der Waals surface area contributed by atoms with Gasteiger partial charge in [0, 0.05) is 38.8 Å². The molecule has 1 aliphatic rings. The molecule has 0 N–H and O–H groups in total.